The quantitative estimate of drug-likeness (QED) is 0.220. The van der Waals surface area contributed by atoms with Crippen LogP contribution >= 0.6 is 0 Å². The van der Waals surface area contributed by atoms with Crippen molar-refractivity contribution in [2.24, 2.45) is 16.5 Å². The van der Waals surface area contributed by atoms with Crippen LogP contribution in [0.2, 0.25) is 0 Å². The third-order valence-electron chi connectivity index (χ3n) is 1.60. The summed E-state index contributed by atoms with van der Waals surface area (Å²) in [4.78, 5) is 16.9. The van der Waals surface area contributed by atoms with Gasteiger partial charge in [0.25, 0.3) is 0 Å². The Kier molecular flexibility index (Phi) is 5.58. The third kappa shape index (κ3) is 4.68. The van der Waals surface area contributed by atoms with Gasteiger partial charge in [-0.05, 0) is 7.05 Å². The van der Waals surface area contributed by atoms with Gasteiger partial charge in [-0.2, -0.15) is 5.26 Å². The van der Waals surface area contributed by atoms with Crippen LogP contribution in [0.5, 0.6) is 0 Å². The molecule has 0 aliphatic heterocycles. The number of primary amides is 1. The van der Waals surface area contributed by atoms with E-state index in [0.717, 1.165) is 0 Å². The van der Waals surface area contributed by atoms with Gasteiger partial charge in [0.05, 0.1) is 13.3 Å². The van der Waals surface area contributed by atoms with Gasteiger partial charge >= 0.3 is 6.03 Å². The summed E-state index contributed by atoms with van der Waals surface area (Å²) in [6, 6.07) is -0.583. The number of hydrogen-bond acceptors (Lipinski definition) is 4. The minimum Gasteiger partial charge on any atom is -0.369 e. The fraction of sp³-hybridized carbons (Fsp3) is 0.571. The van der Waals surface area contributed by atoms with Crippen molar-refractivity contribution in [3.8, 4) is 6.19 Å². The van der Waals surface area contributed by atoms with Crippen LogP contribution in [0.25, 0.3) is 0 Å². The Morgan fingerprint density at radius 3 is 2.60 bits per heavy atom. The molecular weight excluding hydrogens is 198 g/mol. The van der Waals surface area contributed by atoms with E-state index in [2.05, 4.69) is 10.3 Å². The zero-order chi connectivity index (χ0) is 11.8. The van der Waals surface area contributed by atoms with Gasteiger partial charge in [0.2, 0.25) is 12.2 Å². The lowest BCUT2D eigenvalue weighted by Gasteiger charge is -2.26. The Balaban J connectivity index is 4.48. The molecule has 5 N–H and O–H groups in total. The number of nitrogens with zero attached hydrogens (tertiary/aromatic N) is 4. The Bertz CT molecular complexity index is 282. The minimum atomic E-state index is -0.583. The molecule has 0 rings (SSSR count). The van der Waals surface area contributed by atoms with Crippen LogP contribution in [-0.2, 0) is 0 Å². The lowest BCUT2D eigenvalue weighted by atomic mass is 10.6. The van der Waals surface area contributed by atoms with Crippen molar-refractivity contribution < 1.29 is 4.79 Å². The number of hydrogen-bond donors (Lipinski definition) is 3. The van der Waals surface area contributed by atoms with Gasteiger partial charge in [0, 0.05) is 7.05 Å². The van der Waals surface area contributed by atoms with E-state index >= 15 is 0 Å². The molecule has 0 radical (unpaired) electrons. The van der Waals surface area contributed by atoms with E-state index < -0.39 is 6.03 Å². The third-order valence-corrected chi connectivity index (χ3v) is 1.60. The molecule has 0 atom stereocenters. The van der Waals surface area contributed by atoms with Crippen LogP contribution in [-0.4, -0.2) is 49.2 Å². The number of nitrogens with two attached hydrogens (primary N) is 2. The van der Waals surface area contributed by atoms with E-state index in [4.69, 9.17) is 16.7 Å². The van der Waals surface area contributed by atoms with Gasteiger partial charge < -0.3 is 26.6 Å². The highest BCUT2D eigenvalue weighted by atomic mass is 16.2. The van der Waals surface area contributed by atoms with Crippen LogP contribution in [0.15, 0.2) is 4.99 Å². The zero-order valence-corrected chi connectivity index (χ0v) is 8.77. The monoisotopic (exact) mass is 213 g/mol. The van der Waals surface area contributed by atoms with Crippen molar-refractivity contribution in [1.82, 2.24) is 15.1 Å². The van der Waals surface area contributed by atoms with E-state index in [0.29, 0.717) is 6.67 Å². The molecule has 0 aliphatic carbocycles. The Hall–Kier alpha value is -2.01. The van der Waals surface area contributed by atoms with E-state index in [1.807, 2.05) is 0 Å². The largest absolute Gasteiger partial charge is 0.369 e. The van der Waals surface area contributed by atoms with E-state index in [1.54, 1.807) is 13.2 Å². The van der Waals surface area contributed by atoms with Crippen LogP contribution in [0.4, 0.5) is 4.79 Å². The summed E-state index contributed by atoms with van der Waals surface area (Å²) in [5, 5.41) is 11.2. The number of carbonyl (C=O) groups is 1. The first-order valence-corrected chi connectivity index (χ1v) is 4.15. The molecule has 0 aliphatic rings. The van der Waals surface area contributed by atoms with Crippen molar-refractivity contribution in [1.29, 1.82) is 5.26 Å². The number of aliphatic imine (C=N–C) groups is 1. The molecule has 8 nitrogen and oxygen atoms in total. The summed E-state index contributed by atoms with van der Waals surface area (Å²) in [7, 11) is 3.22. The van der Waals surface area contributed by atoms with Crippen molar-refractivity contribution in [2.75, 3.05) is 27.4 Å². The second-order valence-electron chi connectivity index (χ2n) is 2.80. The molecule has 0 saturated carbocycles. The highest BCUT2D eigenvalue weighted by Gasteiger charge is 2.11. The molecule has 2 amide bonds. The molecule has 8 heteroatoms. The molecule has 0 heterocycles. The average Bonchev–Trinajstić information content (AvgIpc) is 2.17. The Morgan fingerprint density at radius 2 is 2.20 bits per heavy atom. The highest BCUT2D eigenvalue weighted by Crippen LogP contribution is 1.90. The number of rotatable bonds is 4. The fourth-order valence-corrected chi connectivity index (χ4v) is 0.842. The number of amides is 2. The fourth-order valence-electron chi connectivity index (χ4n) is 0.842. The number of carbonyl (C=O) groups excluding carboxylic acids is 1. The Labute approximate surface area is 88.1 Å². The molecule has 0 aromatic carbocycles. The first kappa shape index (κ1) is 13.0. The first-order chi connectivity index (χ1) is 7.02. The van der Waals surface area contributed by atoms with Crippen molar-refractivity contribution >= 4 is 12.0 Å². The maximum atomic E-state index is 10.8. The molecule has 0 unspecified atom stereocenters. The predicted molar refractivity (Wildman–Crippen MR) is 55.2 cm³/mol. The number of nitrogens with one attached hydrogen (secondary N) is 1. The minimum absolute atomic E-state index is 0.0277. The molecule has 0 aromatic rings. The van der Waals surface area contributed by atoms with Crippen LogP contribution in [0, 0.1) is 11.5 Å². The first-order valence-electron chi connectivity index (χ1n) is 4.15. The molecule has 0 spiro atoms. The second kappa shape index (κ2) is 6.44. The molecular formula is C7H15N7O. The van der Waals surface area contributed by atoms with Gasteiger partial charge in [0.15, 0.2) is 0 Å². The molecule has 15 heavy (non-hydrogen) atoms. The summed E-state index contributed by atoms with van der Waals surface area (Å²) in [6.07, 6.45) is 1.57. The number of urea groups is 1. The highest BCUT2D eigenvalue weighted by molar-refractivity contribution is 5.79. The number of nitriles is 1. The smallest absolute Gasteiger partial charge is 0.315 e. The maximum Gasteiger partial charge on any atom is 0.315 e. The van der Waals surface area contributed by atoms with Gasteiger partial charge in [-0.1, -0.05) is 0 Å². The maximum absolute atomic E-state index is 10.8. The van der Waals surface area contributed by atoms with Crippen molar-refractivity contribution in [2.45, 2.75) is 0 Å². The van der Waals surface area contributed by atoms with Crippen molar-refractivity contribution in [3.63, 3.8) is 0 Å². The summed E-state index contributed by atoms with van der Waals surface area (Å²) in [6.45, 7) is 0.516. The molecule has 0 saturated heterocycles. The summed E-state index contributed by atoms with van der Waals surface area (Å²) >= 11 is 0. The summed E-state index contributed by atoms with van der Waals surface area (Å²) in [5.41, 5.74) is 10.5. The van der Waals surface area contributed by atoms with Gasteiger partial charge in [-0.25, -0.2) is 4.79 Å². The zero-order valence-electron chi connectivity index (χ0n) is 8.77. The SMILES string of the molecule is CNCN(CN(C)C(N)=O)C(N)=NC#N. The predicted octanol–water partition coefficient (Wildman–Crippen LogP) is -1.77. The molecule has 0 fully saturated rings. The van der Waals surface area contributed by atoms with Gasteiger partial charge in [-0.3, -0.25) is 0 Å². The van der Waals surface area contributed by atoms with Crippen LogP contribution in [0.3, 0.4) is 0 Å². The Morgan fingerprint density at radius 1 is 1.60 bits per heavy atom. The second-order valence-corrected chi connectivity index (χ2v) is 2.80. The van der Waals surface area contributed by atoms with E-state index in [-0.39, 0.29) is 12.6 Å². The normalized spacial score (nSPS) is 10.6. The summed E-state index contributed by atoms with van der Waals surface area (Å²) < 4.78 is 0. The van der Waals surface area contributed by atoms with E-state index in [1.165, 1.54) is 16.8 Å². The van der Waals surface area contributed by atoms with Gasteiger partial charge in [-0.15, -0.1) is 4.99 Å². The van der Waals surface area contributed by atoms with Gasteiger partial charge in [0.1, 0.15) is 0 Å². The molecule has 0 bridgehead atoms. The summed E-state index contributed by atoms with van der Waals surface area (Å²) in [5.74, 6) is 0.0277. The van der Waals surface area contributed by atoms with Crippen LogP contribution in [0.1, 0.15) is 0 Å². The number of guanidine groups is 1. The average molecular weight is 213 g/mol. The topological polar surface area (TPSA) is 124 Å². The van der Waals surface area contributed by atoms with E-state index in [9.17, 15) is 4.79 Å². The lowest BCUT2D eigenvalue weighted by molar-refractivity contribution is 0.193. The lowest BCUT2D eigenvalue weighted by Crippen LogP contribution is -2.49. The standard InChI is InChI=1S/C7H15N7O/c1-11-4-14(6(9)12-3-8)5-13(2)7(10)15/h11H,4-5H2,1-2H3,(H2,9,12)(H2,10,15). The molecule has 84 valence electrons. The van der Waals surface area contributed by atoms with Crippen LogP contribution < -0.4 is 16.8 Å². The van der Waals surface area contributed by atoms with Crippen molar-refractivity contribution in [3.05, 3.63) is 0 Å². The molecule has 0 aromatic heterocycles.